The molecule has 1 aliphatic rings. The van der Waals surface area contributed by atoms with E-state index in [-0.39, 0.29) is 11.7 Å². The molecule has 7 nitrogen and oxygen atoms in total. The van der Waals surface area contributed by atoms with Gasteiger partial charge in [-0.1, -0.05) is 24.3 Å². The lowest BCUT2D eigenvalue weighted by molar-refractivity contribution is -0.991. The quantitative estimate of drug-likeness (QED) is 0.340. The largest absolute Gasteiger partial charge is 0.595 e. The van der Waals surface area contributed by atoms with Crippen LogP contribution in [0.1, 0.15) is 34.0 Å². The maximum absolute atomic E-state index is 11.3. The molecule has 4 N–H and O–H groups in total. The Morgan fingerprint density at radius 2 is 1.97 bits per heavy atom. The van der Waals surface area contributed by atoms with Gasteiger partial charge in [0.15, 0.2) is 5.69 Å². The Balaban J connectivity index is 1.43. The van der Waals surface area contributed by atoms with Gasteiger partial charge in [0.2, 0.25) is 0 Å². The first-order valence-corrected chi connectivity index (χ1v) is 11.0. The maximum Gasteiger partial charge on any atom is 0.166 e. The standard InChI is InChI=1S/C26H27N3O4/c1-16-13-19(8-9-23(16)29(30)31)33-15-18-14-17(7-10-24(18)32-2)25-26-21(11-12-27-25)20-5-3-4-6-22(20)28-26/h3-10,13-14,25,27-30H,11-12,15H2,1-2H3. The van der Waals surface area contributed by atoms with Crippen LogP contribution in [0.25, 0.3) is 10.9 Å². The summed E-state index contributed by atoms with van der Waals surface area (Å²) in [4.78, 5) is 3.62. The minimum atomic E-state index is -0.940. The molecular weight excluding hydrogens is 418 g/mol. The molecule has 0 bridgehead atoms. The molecule has 5 rings (SSSR count). The highest BCUT2D eigenvalue weighted by Crippen LogP contribution is 2.35. The van der Waals surface area contributed by atoms with Gasteiger partial charge in [0.05, 0.1) is 13.2 Å². The Hall–Kier alpha value is -3.36. The number of benzene rings is 3. The van der Waals surface area contributed by atoms with Crippen molar-refractivity contribution in [2.45, 2.75) is 26.0 Å². The highest BCUT2D eigenvalue weighted by molar-refractivity contribution is 5.85. The number of methoxy groups -OCH3 is 1. The maximum atomic E-state index is 11.3. The summed E-state index contributed by atoms with van der Waals surface area (Å²) in [5.74, 6) is 1.38. The summed E-state index contributed by atoms with van der Waals surface area (Å²) in [6.07, 6.45) is 0.994. The average Bonchev–Trinajstić information content (AvgIpc) is 3.21. The number of aromatic amines is 1. The number of para-hydroxylation sites is 1. The zero-order chi connectivity index (χ0) is 22.9. The predicted molar refractivity (Wildman–Crippen MR) is 126 cm³/mol. The van der Waals surface area contributed by atoms with Crippen molar-refractivity contribution in [3.05, 3.63) is 93.8 Å². The van der Waals surface area contributed by atoms with Crippen molar-refractivity contribution in [2.24, 2.45) is 0 Å². The fourth-order valence-electron chi connectivity index (χ4n) is 4.68. The lowest BCUT2D eigenvalue weighted by Crippen LogP contribution is -2.99. The zero-order valence-corrected chi connectivity index (χ0v) is 18.6. The van der Waals surface area contributed by atoms with E-state index in [9.17, 15) is 10.4 Å². The summed E-state index contributed by atoms with van der Waals surface area (Å²) in [7, 11) is 1.65. The normalized spacial score (nSPS) is 16.4. The molecule has 2 unspecified atom stereocenters. The molecule has 0 saturated carbocycles. The van der Waals surface area contributed by atoms with Crippen LogP contribution in [0.15, 0.2) is 60.7 Å². The van der Waals surface area contributed by atoms with Crippen LogP contribution in [0.4, 0.5) is 5.69 Å². The van der Waals surface area contributed by atoms with E-state index in [0.717, 1.165) is 35.4 Å². The van der Waals surface area contributed by atoms with Crippen LogP contribution >= 0.6 is 0 Å². The molecule has 0 saturated heterocycles. The van der Waals surface area contributed by atoms with Crippen LogP contribution in [0.2, 0.25) is 0 Å². The molecule has 0 spiro atoms. The number of hydrogen-bond acceptors (Lipinski definition) is 5. The van der Waals surface area contributed by atoms with Crippen LogP contribution in [0, 0.1) is 12.1 Å². The van der Waals surface area contributed by atoms with Crippen molar-refractivity contribution in [3.63, 3.8) is 0 Å². The van der Waals surface area contributed by atoms with Gasteiger partial charge in [0.25, 0.3) is 0 Å². The Morgan fingerprint density at radius 3 is 2.76 bits per heavy atom. The number of aryl methyl sites for hydroxylation is 1. The third-order valence-corrected chi connectivity index (χ3v) is 6.32. The summed E-state index contributed by atoms with van der Waals surface area (Å²) < 4.78 is 11.6. The minimum absolute atomic E-state index is 0.0582. The Morgan fingerprint density at radius 1 is 1.12 bits per heavy atom. The van der Waals surface area contributed by atoms with Gasteiger partial charge in [-0.2, -0.15) is 5.23 Å². The minimum Gasteiger partial charge on any atom is -0.595 e. The van der Waals surface area contributed by atoms with Crippen LogP contribution in [0.5, 0.6) is 11.5 Å². The highest BCUT2D eigenvalue weighted by Gasteiger charge is 2.25. The van der Waals surface area contributed by atoms with Crippen molar-refractivity contribution < 1.29 is 19.9 Å². The van der Waals surface area contributed by atoms with Gasteiger partial charge in [0, 0.05) is 40.3 Å². The van der Waals surface area contributed by atoms with Crippen LogP contribution in [0.3, 0.4) is 0 Å². The van der Waals surface area contributed by atoms with Crippen molar-refractivity contribution in [2.75, 3.05) is 13.7 Å². The first-order valence-electron chi connectivity index (χ1n) is 11.0. The van der Waals surface area contributed by atoms with E-state index >= 15 is 0 Å². The Labute approximate surface area is 192 Å². The molecule has 170 valence electrons. The van der Waals surface area contributed by atoms with E-state index in [0.29, 0.717) is 17.9 Å². The van der Waals surface area contributed by atoms with E-state index in [1.807, 2.05) is 6.07 Å². The second-order valence-electron chi connectivity index (χ2n) is 8.34. The van der Waals surface area contributed by atoms with Gasteiger partial charge < -0.3 is 25.0 Å². The summed E-state index contributed by atoms with van der Waals surface area (Å²) in [6.45, 7) is 2.99. The summed E-state index contributed by atoms with van der Waals surface area (Å²) in [5, 5.41) is 24.5. The number of H-pyrrole nitrogens is 1. The van der Waals surface area contributed by atoms with E-state index in [1.54, 1.807) is 32.2 Å². The number of ether oxygens (including phenoxy) is 2. The molecule has 4 aromatic rings. The molecule has 2 heterocycles. The SMILES string of the molecule is COc1ccc(C2NCCc3c2[nH]c2ccccc32)cc1COc1ccc([NH+]([O-])O)c(C)c1. The van der Waals surface area contributed by atoms with Crippen molar-refractivity contribution >= 4 is 16.6 Å². The first-order chi connectivity index (χ1) is 16.0. The van der Waals surface area contributed by atoms with Crippen LogP contribution < -0.4 is 20.0 Å². The zero-order valence-electron chi connectivity index (χ0n) is 18.6. The molecular formula is C26H27N3O4. The van der Waals surface area contributed by atoms with Gasteiger partial charge in [0.1, 0.15) is 18.1 Å². The Kier molecular flexibility index (Phi) is 5.78. The van der Waals surface area contributed by atoms with Crippen molar-refractivity contribution in [1.82, 2.24) is 10.3 Å². The second kappa shape index (κ2) is 8.88. The summed E-state index contributed by atoms with van der Waals surface area (Å²) in [5.41, 5.74) is 6.75. The fourth-order valence-corrected chi connectivity index (χ4v) is 4.68. The van der Waals surface area contributed by atoms with E-state index in [1.165, 1.54) is 16.6 Å². The van der Waals surface area contributed by atoms with Gasteiger partial charge >= 0.3 is 0 Å². The second-order valence-corrected chi connectivity index (χ2v) is 8.34. The third kappa shape index (κ3) is 4.07. The highest BCUT2D eigenvalue weighted by atomic mass is 16.8. The van der Waals surface area contributed by atoms with Crippen molar-refractivity contribution in [3.8, 4) is 11.5 Å². The third-order valence-electron chi connectivity index (χ3n) is 6.32. The van der Waals surface area contributed by atoms with E-state index in [4.69, 9.17) is 9.47 Å². The number of nitrogens with one attached hydrogen (secondary N) is 3. The lowest BCUT2D eigenvalue weighted by Gasteiger charge is -2.25. The number of quaternary nitrogens is 1. The lowest BCUT2D eigenvalue weighted by atomic mass is 9.93. The molecule has 1 aromatic heterocycles. The number of rotatable bonds is 6. The monoisotopic (exact) mass is 445 g/mol. The molecule has 2 atom stereocenters. The number of fused-ring (bicyclic) bond motifs is 3. The molecule has 0 radical (unpaired) electrons. The molecule has 0 fully saturated rings. The van der Waals surface area contributed by atoms with Gasteiger partial charge in [-0.25, -0.2) is 5.21 Å². The molecule has 3 aromatic carbocycles. The average molecular weight is 446 g/mol. The number of aromatic nitrogens is 1. The summed E-state index contributed by atoms with van der Waals surface area (Å²) >= 11 is 0. The van der Waals surface area contributed by atoms with Crippen molar-refractivity contribution in [1.29, 1.82) is 0 Å². The molecule has 1 aliphatic heterocycles. The predicted octanol–water partition coefficient (Wildman–Crippen LogP) is 3.70. The first kappa shape index (κ1) is 21.5. The van der Waals surface area contributed by atoms with Crippen LogP contribution in [-0.2, 0) is 13.0 Å². The van der Waals surface area contributed by atoms with Crippen LogP contribution in [-0.4, -0.2) is 23.8 Å². The molecule has 0 amide bonds. The van der Waals surface area contributed by atoms with Gasteiger partial charge in [-0.3, -0.25) is 0 Å². The van der Waals surface area contributed by atoms with E-state index < -0.39 is 5.23 Å². The smallest absolute Gasteiger partial charge is 0.166 e. The topological polar surface area (TPSA) is 94.0 Å². The summed E-state index contributed by atoms with van der Waals surface area (Å²) in [6, 6.07) is 19.7. The van der Waals surface area contributed by atoms with Gasteiger partial charge in [-0.15, -0.1) is 0 Å². The molecule has 7 heteroatoms. The van der Waals surface area contributed by atoms with Gasteiger partial charge in [-0.05, 0) is 54.8 Å². The molecule has 0 aliphatic carbocycles. The Bertz CT molecular complexity index is 1300. The number of hydrogen-bond donors (Lipinski definition) is 4. The molecule has 33 heavy (non-hydrogen) atoms. The van der Waals surface area contributed by atoms with E-state index in [2.05, 4.69) is 46.7 Å². The fraction of sp³-hybridized carbons (Fsp3) is 0.231.